The monoisotopic (exact) mass is 392 g/mol. The number of likely N-dealkylation sites (N-methyl/N-ethyl adjacent to an activating group) is 1. The minimum Gasteiger partial charge on any atom is -0.348 e. The number of hydrogen-bond donors (Lipinski definition) is 1. The van der Waals surface area contributed by atoms with E-state index in [0.717, 1.165) is 18.4 Å². The van der Waals surface area contributed by atoms with E-state index in [2.05, 4.69) is 17.4 Å². The van der Waals surface area contributed by atoms with Crippen LogP contribution in [-0.4, -0.2) is 30.3 Å². The van der Waals surface area contributed by atoms with E-state index in [0.29, 0.717) is 4.88 Å². The maximum atomic E-state index is 12.6. The summed E-state index contributed by atoms with van der Waals surface area (Å²) in [6, 6.07) is 23.7. The van der Waals surface area contributed by atoms with Gasteiger partial charge < -0.3 is 10.2 Å². The molecule has 1 atom stereocenters. The maximum absolute atomic E-state index is 12.6. The van der Waals surface area contributed by atoms with Crippen LogP contribution in [0, 0.1) is 0 Å². The van der Waals surface area contributed by atoms with Gasteiger partial charge in [0.25, 0.3) is 5.91 Å². The number of thiophene rings is 1. The molecule has 0 aliphatic rings. The summed E-state index contributed by atoms with van der Waals surface area (Å²) in [5, 5.41) is 4.96. The molecule has 2 amide bonds. The lowest BCUT2D eigenvalue weighted by Crippen LogP contribution is -2.39. The predicted octanol–water partition coefficient (Wildman–Crippen LogP) is 4.31. The molecule has 0 radical (unpaired) electrons. The van der Waals surface area contributed by atoms with Crippen molar-refractivity contribution >= 4 is 23.2 Å². The first-order chi connectivity index (χ1) is 13.6. The van der Waals surface area contributed by atoms with Crippen molar-refractivity contribution in [2.45, 2.75) is 18.9 Å². The Morgan fingerprint density at radius 1 is 0.964 bits per heavy atom. The SMILES string of the molecule is CN(CC(=O)NC(CCc1ccccc1)c1ccccc1)C(=O)c1cccs1. The minimum atomic E-state index is -0.158. The quantitative estimate of drug-likeness (QED) is 0.621. The van der Waals surface area contributed by atoms with E-state index >= 15 is 0 Å². The fourth-order valence-electron chi connectivity index (χ4n) is 3.08. The number of nitrogens with one attached hydrogen (secondary N) is 1. The van der Waals surface area contributed by atoms with Crippen LogP contribution in [0.5, 0.6) is 0 Å². The molecule has 1 N–H and O–H groups in total. The average Bonchev–Trinajstić information content (AvgIpc) is 3.26. The molecule has 1 heterocycles. The highest BCUT2D eigenvalue weighted by molar-refractivity contribution is 7.12. The van der Waals surface area contributed by atoms with Crippen LogP contribution in [0.4, 0.5) is 0 Å². The van der Waals surface area contributed by atoms with Gasteiger partial charge in [0.2, 0.25) is 5.91 Å². The molecule has 0 aliphatic carbocycles. The summed E-state index contributed by atoms with van der Waals surface area (Å²) < 4.78 is 0. The van der Waals surface area contributed by atoms with Crippen molar-refractivity contribution in [3.05, 3.63) is 94.2 Å². The molecule has 5 heteroatoms. The Morgan fingerprint density at radius 2 is 1.64 bits per heavy atom. The topological polar surface area (TPSA) is 49.4 Å². The number of amides is 2. The molecule has 0 fully saturated rings. The second-order valence-corrected chi connectivity index (χ2v) is 7.64. The van der Waals surface area contributed by atoms with Gasteiger partial charge in [-0.1, -0.05) is 66.7 Å². The molecule has 0 saturated heterocycles. The average molecular weight is 393 g/mol. The molecule has 28 heavy (non-hydrogen) atoms. The van der Waals surface area contributed by atoms with E-state index in [-0.39, 0.29) is 24.4 Å². The Bertz CT molecular complexity index is 879. The minimum absolute atomic E-state index is 0.0331. The van der Waals surface area contributed by atoms with Crippen molar-refractivity contribution in [3.63, 3.8) is 0 Å². The third kappa shape index (κ3) is 5.54. The van der Waals surface area contributed by atoms with Gasteiger partial charge in [0, 0.05) is 7.05 Å². The molecule has 3 aromatic rings. The van der Waals surface area contributed by atoms with Crippen LogP contribution in [0.15, 0.2) is 78.2 Å². The van der Waals surface area contributed by atoms with Crippen molar-refractivity contribution in [2.75, 3.05) is 13.6 Å². The highest BCUT2D eigenvalue weighted by Gasteiger charge is 2.19. The molecule has 1 unspecified atom stereocenters. The lowest BCUT2D eigenvalue weighted by Gasteiger charge is -2.22. The molecule has 0 bridgehead atoms. The van der Waals surface area contributed by atoms with Gasteiger partial charge in [0.05, 0.1) is 17.5 Å². The fraction of sp³-hybridized carbons (Fsp3) is 0.217. The molecule has 2 aromatic carbocycles. The molecule has 4 nitrogen and oxygen atoms in total. The number of hydrogen-bond acceptors (Lipinski definition) is 3. The standard InChI is InChI=1S/C23H24N2O2S/c1-25(23(27)21-13-8-16-28-21)17-22(26)24-20(19-11-6-3-7-12-19)15-14-18-9-4-2-5-10-18/h2-13,16,20H,14-15,17H2,1H3,(H,24,26). The summed E-state index contributed by atoms with van der Waals surface area (Å²) in [5.74, 6) is -0.292. The molecular formula is C23H24N2O2S. The van der Waals surface area contributed by atoms with Gasteiger partial charge >= 0.3 is 0 Å². The first-order valence-electron chi connectivity index (χ1n) is 9.30. The van der Waals surface area contributed by atoms with E-state index in [1.807, 2.05) is 60.0 Å². The fourth-order valence-corrected chi connectivity index (χ4v) is 3.80. The van der Waals surface area contributed by atoms with Gasteiger partial charge in [0.15, 0.2) is 0 Å². The van der Waals surface area contributed by atoms with E-state index in [1.165, 1.54) is 21.8 Å². The Balaban J connectivity index is 1.63. The Labute approximate surface area is 169 Å². The molecule has 0 spiro atoms. The first-order valence-corrected chi connectivity index (χ1v) is 10.2. The van der Waals surface area contributed by atoms with Crippen LogP contribution < -0.4 is 5.32 Å². The van der Waals surface area contributed by atoms with Crippen molar-refractivity contribution < 1.29 is 9.59 Å². The van der Waals surface area contributed by atoms with Gasteiger partial charge in [-0.3, -0.25) is 9.59 Å². The summed E-state index contributed by atoms with van der Waals surface area (Å²) in [5.41, 5.74) is 2.31. The summed E-state index contributed by atoms with van der Waals surface area (Å²) >= 11 is 1.38. The van der Waals surface area contributed by atoms with Crippen LogP contribution in [0.1, 0.15) is 33.3 Å². The van der Waals surface area contributed by atoms with Gasteiger partial charge in [-0.15, -0.1) is 11.3 Å². The zero-order chi connectivity index (χ0) is 19.8. The van der Waals surface area contributed by atoms with E-state index in [9.17, 15) is 9.59 Å². The summed E-state index contributed by atoms with van der Waals surface area (Å²) in [4.78, 5) is 27.1. The third-order valence-electron chi connectivity index (χ3n) is 4.56. The second kappa shape index (κ2) is 9.85. The van der Waals surface area contributed by atoms with Crippen molar-refractivity contribution in [3.8, 4) is 0 Å². The van der Waals surface area contributed by atoms with E-state index in [1.54, 1.807) is 13.1 Å². The first kappa shape index (κ1) is 19.8. The molecule has 0 aliphatic heterocycles. The highest BCUT2D eigenvalue weighted by Crippen LogP contribution is 2.19. The van der Waals surface area contributed by atoms with Crippen LogP contribution in [0.25, 0.3) is 0 Å². The Morgan fingerprint density at radius 3 is 2.29 bits per heavy atom. The number of aryl methyl sites for hydroxylation is 1. The predicted molar refractivity (Wildman–Crippen MR) is 113 cm³/mol. The van der Waals surface area contributed by atoms with Gasteiger partial charge in [-0.2, -0.15) is 0 Å². The van der Waals surface area contributed by atoms with Gasteiger partial charge in [-0.25, -0.2) is 0 Å². The summed E-state index contributed by atoms with van der Waals surface area (Å²) in [6.07, 6.45) is 1.66. The maximum Gasteiger partial charge on any atom is 0.264 e. The highest BCUT2D eigenvalue weighted by atomic mass is 32.1. The van der Waals surface area contributed by atoms with E-state index in [4.69, 9.17) is 0 Å². The van der Waals surface area contributed by atoms with Crippen LogP contribution >= 0.6 is 11.3 Å². The normalized spacial score (nSPS) is 11.6. The second-order valence-electron chi connectivity index (χ2n) is 6.69. The van der Waals surface area contributed by atoms with Gasteiger partial charge in [-0.05, 0) is 35.4 Å². The zero-order valence-electron chi connectivity index (χ0n) is 15.9. The zero-order valence-corrected chi connectivity index (χ0v) is 16.7. The van der Waals surface area contributed by atoms with Crippen LogP contribution in [0.3, 0.4) is 0 Å². The number of carbonyl (C=O) groups excluding carboxylic acids is 2. The number of nitrogens with zero attached hydrogens (tertiary/aromatic N) is 1. The Kier molecular flexibility index (Phi) is 6.98. The van der Waals surface area contributed by atoms with Gasteiger partial charge in [0.1, 0.15) is 0 Å². The number of rotatable bonds is 8. The smallest absolute Gasteiger partial charge is 0.264 e. The summed E-state index contributed by atoms with van der Waals surface area (Å²) in [7, 11) is 1.66. The third-order valence-corrected chi connectivity index (χ3v) is 5.42. The lowest BCUT2D eigenvalue weighted by atomic mass is 9.99. The molecule has 3 rings (SSSR count). The molecule has 1 aromatic heterocycles. The number of carbonyl (C=O) groups is 2. The largest absolute Gasteiger partial charge is 0.348 e. The van der Waals surface area contributed by atoms with Crippen LogP contribution in [-0.2, 0) is 11.2 Å². The van der Waals surface area contributed by atoms with Crippen molar-refractivity contribution in [1.29, 1.82) is 0 Å². The van der Waals surface area contributed by atoms with Crippen molar-refractivity contribution in [2.24, 2.45) is 0 Å². The number of benzene rings is 2. The molecular weight excluding hydrogens is 368 g/mol. The van der Waals surface area contributed by atoms with Crippen molar-refractivity contribution in [1.82, 2.24) is 10.2 Å². The van der Waals surface area contributed by atoms with E-state index < -0.39 is 0 Å². The lowest BCUT2D eigenvalue weighted by molar-refractivity contribution is -0.122. The van der Waals surface area contributed by atoms with Crippen LogP contribution in [0.2, 0.25) is 0 Å². The molecule has 0 saturated carbocycles. The summed E-state index contributed by atoms with van der Waals surface area (Å²) in [6.45, 7) is 0.0331. The molecule has 144 valence electrons. The Hall–Kier alpha value is -2.92.